The minimum Gasteiger partial charge on any atom is -0.453 e. The maximum atomic E-state index is 13.2. The lowest BCUT2D eigenvalue weighted by atomic mass is 10.0. The maximum absolute atomic E-state index is 13.2. The van der Waals surface area contributed by atoms with Crippen LogP contribution in [0.2, 0.25) is 5.02 Å². The summed E-state index contributed by atoms with van der Waals surface area (Å²) < 4.78 is 17.9. The van der Waals surface area contributed by atoms with Gasteiger partial charge >= 0.3 is 6.09 Å². The molecule has 0 aliphatic carbocycles. The molecule has 0 spiro atoms. The van der Waals surface area contributed by atoms with E-state index in [1.807, 2.05) is 0 Å². The van der Waals surface area contributed by atoms with Gasteiger partial charge in [-0.3, -0.25) is 9.59 Å². The highest BCUT2D eigenvalue weighted by atomic mass is 35.5. The van der Waals surface area contributed by atoms with E-state index in [1.165, 1.54) is 19.2 Å². The summed E-state index contributed by atoms with van der Waals surface area (Å²) in [5.74, 6) is -1.38. The number of piperidine rings is 1. The van der Waals surface area contributed by atoms with Crippen molar-refractivity contribution in [3.05, 3.63) is 29.0 Å². The van der Waals surface area contributed by atoms with Crippen LogP contribution in [0.1, 0.15) is 19.3 Å². The molecule has 3 amide bonds. The van der Waals surface area contributed by atoms with Gasteiger partial charge in [0.2, 0.25) is 11.8 Å². The van der Waals surface area contributed by atoms with Crippen LogP contribution in [0.15, 0.2) is 18.2 Å². The molecule has 2 rings (SSSR count). The van der Waals surface area contributed by atoms with Crippen molar-refractivity contribution in [2.75, 3.05) is 32.6 Å². The Labute approximate surface area is 179 Å². The fourth-order valence-corrected chi connectivity index (χ4v) is 3.34. The highest BCUT2D eigenvalue weighted by Gasteiger charge is 2.28. The first-order valence-corrected chi connectivity index (χ1v) is 9.95. The van der Waals surface area contributed by atoms with Gasteiger partial charge < -0.3 is 31.3 Å². The van der Waals surface area contributed by atoms with E-state index in [0.29, 0.717) is 31.6 Å². The second kappa shape index (κ2) is 11.1. The summed E-state index contributed by atoms with van der Waals surface area (Å²) in [7, 11) is 2.91. The van der Waals surface area contributed by atoms with Crippen molar-refractivity contribution < 1.29 is 23.5 Å². The van der Waals surface area contributed by atoms with Crippen molar-refractivity contribution in [3.63, 3.8) is 0 Å². The van der Waals surface area contributed by atoms with E-state index in [-0.39, 0.29) is 29.5 Å². The molecule has 1 aromatic carbocycles. The molecule has 0 saturated carbocycles. The van der Waals surface area contributed by atoms with Crippen molar-refractivity contribution in [3.8, 4) is 0 Å². The van der Waals surface area contributed by atoms with Crippen molar-refractivity contribution in [1.82, 2.24) is 15.5 Å². The largest absolute Gasteiger partial charge is 0.453 e. The summed E-state index contributed by atoms with van der Waals surface area (Å²) in [6.45, 7) is 0.962. The summed E-state index contributed by atoms with van der Waals surface area (Å²) in [6.07, 6.45) is 0.857. The Kier molecular flexibility index (Phi) is 8.82. The predicted molar refractivity (Wildman–Crippen MR) is 111 cm³/mol. The van der Waals surface area contributed by atoms with Crippen molar-refractivity contribution in [2.45, 2.75) is 37.4 Å². The molecule has 5 N–H and O–H groups in total. The summed E-state index contributed by atoms with van der Waals surface area (Å²) >= 11 is 5.72. The molecule has 2 atom stereocenters. The van der Waals surface area contributed by atoms with Gasteiger partial charge in [-0.05, 0) is 44.5 Å². The van der Waals surface area contributed by atoms with E-state index in [1.54, 1.807) is 11.9 Å². The van der Waals surface area contributed by atoms with Crippen LogP contribution < -0.4 is 21.7 Å². The van der Waals surface area contributed by atoms with Gasteiger partial charge in [-0.2, -0.15) is 0 Å². The average molecular weight is 444 g/mol. The number of carbonyl (C=O) groups is 3. The Hall–Kier alpha value is -2.43. The van der Waals surface area contributed by atoms with Crippen LogP contribution in [0.5, 0.6) is 0 Å². The lowest BCUT2D eigenvalue weighted by Gasteiger charge is -2.32. The molecule has 9 nitrogen and oxygen atoms in total. The first kappa shape index (κ1) is 23.8. The van der Waals surface area contributed by atoms with E-state index in [4.69, 9.17) is 17.3 Å². The van der Waals surface area contributed by atoms with Crippen LogP contribution in [0, 0.1) is 5.82 Å². The summed E-state index contributed by atoms with van der Waals surface area (Å²) in [5, 5.41) is 8.20. The van der Waals surface area contributed by atoms with Gasteiger partial charge in [0.1, 0.15) is 5.82 Å². The maximum Gasteiger partial charge on any atom is 0.409 e. The molecule has 11 heteroatoms. The van der Waals surface area contributed by atoms with Gasteiger partial charge in [0, 0.05) is 24.8 Å². The monoisotopic (exact) mass is 443 g/mol. The van der Waals surface area contributed by atoms with Crippen LogP contribution in [-0.2, 0) is 14.3 Å². The molecular weight excluding hydrogens is 417 g/mol. The lowest BCUT2D eigenvalue weighted by molar-refractivity contribution is -0.124. The zero-order valence-corrected chi connectivity index (χ0v) is 17.7. The van der Waals surface area contributed by atoms with Gasteiger partial charge in [-0.1, -0.05) is 11.6 Å². The molecular formula is C19H27ClFN5O4. The Balaban J connectivity index is 1.84. The number of rotatable bonds is 7. The minimum absolute atomic E-state index is 0.0596. The molecule has 1 fully saturated rings. The molecule has 1 aliphatic heterocycles. The van der Waals surface area contributed by atoms with E-state index in [2.05, 4.69) is 20.7 Å². The van der Waals surface area contributed by atoms with E-state index < -0.39 is 23.8 Å². The third kappa shape index (κ3) is 6.54. The number of hydrogen-bond donors (Lipinski definition) is 4. The van der Waals surface area contributed by atoms with E-state index in [9.17, 15) is 18.8 Å². The van der Waals surface area contributed by atoms with Crippen LogP contribution in [-0.4, -0.2) is 68.2 Å². The lowest BCUT2D eigenvalue weighted by Crippen LogP contribution is -2.52. The number of halogens is 2. The number of ether oxygens (including phenoxy) is 1. The van der Waals surface area contributed by atoms with Crippen LogP contribution in [0.25, 0.3) is 0 Å². The number of likely N-dealkylation sites (N-methyl/N-ethyl adjacent to an activating group) is 1. The molecule has 0 aromatic heterocycles. The number of likely N-dealkylation sites (tertiary alicyclic amines) is 1. The highest BCUT2D eigenvalue weighted by molar-refractivity contribution is 6.31. The van der Waals surface area contributed by atoms with Gasteiger partial charge in [-0.15, -0.1) is 0 Å². The van der Waals surface area contributed by atoms with Crippen LogP contribution in [0.4, 0.5) is 14.9 Å². The number of anilines is 1. The quantitative estimate of drug-likeness (QED) is 0.499. The number of carbonyl (C=O) groups excluding carboxylic acids is 3. The number of nitrogens with zero attached hydrogens (tertiary/aromatic N) is 1. The SMILES string of the molecule is CNC(CC(N)C(=O)NC1CCN(C(=O)OC)CC1)C(=O)Nc1ccc(F)c(Cl)c1. The molecule has 1 aromatic rings. The van der Waals surface area contributed by atoms with Gasteiger partial charge in [0.15, 0.2) is 0 Å². The third-order valence-electron chi connectivity index (χ3n) is 4.95. The Morgan fingerprint density at radius 2 is 1.97 bits per heavy atom. The average Bonchev–Trinajstić information content (AvgIpc) is 2.74. The summed E-state index contributed by atoms with van der Waals surface area (Å²) in [4.78, 5) is 38.0. The molecule has 0 bridgehead atoms. The second-order valence-electron chi connectivity index (χ2n) is 7.04. The topological polar surface area (TPSA) is 126 Å². The van der Waals surface area contributed by atoms with Crippen molar-refractivity contribution >= 4 is 35.2 Å². The summed E-state index contributed by atoms with van der Waals surface area (Å²) in [5.41, 5.74) is 6.33. The van der Waals surface area contributed by atoms with Crippen molar-refractivity contribution in [2.24, 2.45) is 5.73 Å². The Morgan fingerprint density at radius 3 is 2.53 bits per heavy atom. The standard InChI is InChI=1S/C19H27ClFN5O4/c1-23-16(18(28)25-12-3-4-14(21)13(20)9-12)10-15(22)17(27)24-11-5-7-26(8-6-11)19(29)30-2/h3-4,9,11,15-16,23H,5-8,10,22H2,1-2H3,(H,24,27)(H,25,28). The van der Waals surface area contributed by atoms with E-state index >= 15 is 0 Å². The predicted octanol–water partition coefficient (Wildman–Crippen LogP) is 1.07. The number of amides is 3. The Morgan fingerprint density at radius 1 is 1.30 bits per heavy atom. The molecule has 0 radical (unpaired) electrons. The summed E-state index contributed by atoms with van der Waals surface area (Å²) in [6, 6.07) is 2.08. The zero-order valence-electron chi connectivity index (χ0n) is 16.9. The fourth-order valence-electron chi connectivity index (χ4n) is 3.16. The minimum atomic E-state index is -0.913. The second-order valence-corrected chi connectivity index (χ2v) is 7.45. The third-order valence-corrected chi connectivity index (χ3v) is 5.24. The number of nitrogens with two attached hydrogens (primary N) is 1. The number of hydrogen-bond acceptors (Lipinski definition) is 6. The zero-order chi connectivity index (χ0) is 22.3. The number of methoxy groups -OCH3 is 1. The molecule has 1 heterocycles. The molecule has 2 unspecified atom stereocenters. The number of benzene rings is 1. The van der Waals surface area contributed by atoms with E-state index in [0.717, 1.165) is 6.07 Å². The van der Waals surface area contributed by atoms with Crippen LogP contribution >= 0.6 is 11.6 Å². The number of nitrogens with one attached hydrogen (secondary N) is 3. The molecule has 1 aliphatic rings. The smallest absolute Gasteiger partial charge is 0.409 e. The van der Waals surface area contributed by atoms with Gasteiger partial charge in [-0.25, -0.2) is 9.18 Å². The highest BCUT2D eigenvalue weighted by Crippen LogP contribution is 2.19. The first-order chi connectivity index (χ1) is 14.2. The first-order valence-electron chi connectivity index (χ1n) is 9.57. The molecule has 1 saturated heterocycles. The van der Waals surface area contributed by atoms with Gasteiger partial charge in [0.05, 0.1) is 24.2 Å². The Bertz CT molecular complexity index is 773. The van der Waals surface area contributed by atoms with Crippen molar-refractivity contribution in [1.29, 1.82) is 0 Å². The molecule has 166 valence electrons. The van der Waals surface area contributed by atoms with Crippen LogP contribution in [0.3, 0.4) is 0 Å². The molecule has 30 heavy (non-hydrogen) atoms. The normalized spacial score (nSPS) is 16.5. The van der Waals surface area contributed by atoms with Gasteiger partial charge in [0.25, 0.3) is 0 Å². The fraction of sp³-hybridized carbons (Fsp3) is 0.526.